The van der Waals surface area contributed by atoms with Gasteiger partial charge in [0.15, 0.2) is 0 Å². The fraction of sp³-hybridized carbons (Fsp3) is 0.357. The molecule has 7 heteroatoms. The molecule has 2 rings (SSSR count). The topological polar surface area (TPSA) is 75.5 Å². The Bertz CT molecular complexity index is 699. The number of nitrogens with zero attached hydrogens (tertiary/aromatic N) is 2. The molecular formula is C14H19ClN4O2. The van der Waals surface area contributed by atoms with E-state index in [1.165, 1.54) is 10.6 Å². The predicted molar refractivity (Wildman–Crippen MR) is 84.3 cm³/mol. The van der Waals surface area contributed by atoms with Crippen LogP contribution in [-0.4, -0.2) is 34.9 Å². The lowest BCUT2D eigenvalue weighted by Gasteiger charge is -2.11. The molecule has 0 saturated carbocycles. The molecule has 1 atom stereocenters. The minimum absolute atomic E-state index is 0. The van der Waals surface area contributed by atoms with Crippen LogP contribution in [0.2, 0.25) is 0 Å². The second-order valence-electron chi connectivity index (χ2n) is 4.81. The number of fused-ring (bicyclic) bond motifs is 1. The summed E-state index contributed by atoms with van der Waals surface area (Å²) in [6.07, 6.45) is 3.00. The molecule has 0 aliphatic carbocycles. The van der Waals surface area contributed by atoms with Crippen LogP contribution in [0.1, 0.15) is 22.8 Å². The number of amides is 1. The van der Waals surface area contributed by atoms with Gasteiger partial charge in [0.25, 0.3) is 11.5 Å². The molecule has 0 aromatic carbocycles. The van der Waals surface area contributed by atoms with Crippen molar-refractivity contribution < 1.29 is 4.79 Å². The van der Waals surface area contributed by atoms with Crippen LogP contribution in [0.3, 0.4) is 0 Å². The molecule has 2 heterocycles. The molecule has 114 valence electrons. The Labute approximate surface area is 129 Å². The van der Waals surface area contributed by atoms with Crippen molar-refractivity contribution in [2.45, 2.75) is 19.9 Å². The van der Waals surface area contributed by atoms with Crippen molar-refractivity contribution >= 4 is 24.0 Å². The van der Waals surface area contributed by atoms with Crippen molar-refractivity contribution in [2.24, 2.45) is 0 Å². The molecule has 0 saturated heterocycles. The summed E-state index contributed by atoms with van der Waals surface area (Å²) >= 11 is 0. The van der Waals surface area contributed by atoms with E-state index in [9.17, 15) is 9.59 Å². The van der Waals surface area contributed by atoms with Gasteiger partial charge in [-0.05, 0) is 32.5 Å². The van der Waals surface area contributed by atoms with E-state index in [-0.39, 0.29) is 29.6 Å². The molecule has 0 spiro atoms. The summed E-state index contributed by atoms with van der Waals surface area (Å²) < 4.78 is 1.39. The summed E-state index contributed by atoms with van der Waals surface area (Å²) in [7, 11) is 1.81. The fourth-order valence-corrected chi connectivity index (χ4v) is 1.78. The number of aryl methyl sites for hydroxylation is 1. The SMILES string of the molecule is CNC(C)CNC(=O)c1cnc2ccc(C)cn2c1=O.Cl. The summed E-state index contributed by atoms with van der Waals surface area (Å²) in [5.74, 6) is -0.402. The van der Waals surface area contributed by atoms with Gasteiger partial charge in [-0.3, -0.25) is 14.0 Å². The molecule has 2 aromatic heterocycles. The summed E-state index contributed by atoms with van der Waals surface area (Å²) in [5.41, 5.74) is 1.16. The maximum Gasteiger partial charge on any atom is 0.270 e. The number of pyridine rings is 1. The zero-order valence-electron chi connectivity index (χ0n) is 12.2. The molecule has 0 aliphatic rings. The average molecular weight is 311 g/mol. The Morgan fingerprint density at radius 2 is 2.14 bits per heavy atom. The third-order valence-corrected chi connectivity index (χ3v) is 3.16. The standard InChI is InChI=1S/C14H18N4O2.ClH/c1-9-4-5-12-16-7-11(14(20)18(12)8-9)13(19)17-6-10(2)15-3;/h4-5,7-8,10,15H,6H2,1-3H3,(H,17,19);1H. The molecular weight excluding hydrogens is 292 g/mol. The molecule has 2 N–H and O–H groups in total. The summed E-state index contributed by atoms with van der Waals surface area (Å²) in [5, 5.41) is 5.72. The van der Waals surface area contributed by atoms with Crippen molar-refractivity contribution in [3.05, 3.63) is 46.0 Å². The van der Waals surface area contributed by atoms with Gasteiger partial charge in [-0.2, -0.15) is 0 Å². The number of hydrogen-bond acceptors (Lipinski definition) is 4. The minimum Gasteiger partial charge on any atom is -0.350 e. The molecule has 0 bridgehead atoms. The van der Waals surface area contributed by atoms with E-state index >= 15 is 0 Å². The van der Waals surface area contributed by atoms with E-state index in [4.69, 9.17) is 0 Å². The van der Waals surface area contributed by atoms with Gasteiger partial charge in [0.1, 0.15) is 11.2 Å². The van der Waals surface area contributed by atoms with E-state index in [1.54, 1.807) is 12.3 Å². The number of hydrogen-bond donors (Lipinski definition) is 2. The van der Waals surface area contributed by atoms with E-state index in [0.717, 1.165) is 5.56 Å². The van der Waals surface area contributed by atoms with Gasteiger partial charge < -0.3 is 10.6 Å². The smallest absolute Gasteiger partial charge is 0.270 e. The summed E-state index contributed by atoms with van der Waals surface area (Å²) in [4.78, 5) is 28.4. The number of halogens is 1. The molecule has 2 aromatic rings. The third-order valence-electron chi connectivity index (χ3n) is 3.16. The Kier molecular flexibility index (Phi) is 5.87. The van der Waals surface area contributed by atoms with E-state index in [0.29, 0.717) is 12.2 Å². The number of likely N-dealkylation sites (N-methyl/N-ethyl adjacent to an activating group) is 1. The van der Waals surface area contributed by atoms with Crippen LogP contribution >= 0.6 is 12.4 Å². The number of nitrogens with one attached hydrogen (secondary N) is 2. The lowest BCUT2D eigenvalue weighted by atomic mass is 10.2. The van der Waals surface area contributed by atoms with Gasteiger partial charge in [-0.25, -0.2) is 4.98 Å². The molecule has 0 aliphatic heterocycles. The van der Waals surface area contributed by atoms with E-state index in [2.05, 4.69) is 15.6 Å². The van der Waals surface area contributed by atoms with E-state index in [1.807, 2.05) is 27.0 Å². The fourth-order valence-electron chi connectivity index (χ4n) is 1.78. The normalized spacial score (nSPS) is 11.8. The zero-order valence-corrected chi connectivity index (χ0v) is 13.0. The third kappa shape index (κ3) is 3.80. The van der Waals surface area contributed by atoms with Gasteiger partial charge >= 0.3 is 0 Å². The van der Waals surface area contributed by atoms with Crippen LogP contribution in [-0.2, 0) is 0 Å². The first-order chi connectivity index (χ1) is 9.52. The lowest BCUT2D eigenvalue weighted by molar-refractivity contribution is 0.0948. The van der Waals surface area contributed by atoms with Gasteiger partial charge in [0, 0.05) is 25.0 Å². The second kappa shape index (κ2) is 7.19. The van der Waals surface area contributed by atoms with Gasteiger partial charge in [-0.15, -0.1) is 12.4 Å². The average Bonchev–Trinajstić information content (AvgIpc) is 2.45. The van der Waals surface area contributed by atoms with Gasteiger partial charge in [0.2, 0.25) is 0 Å². The van der Waals surface area contributed by atoms with Crippen molar-refractivity contribution in [1.82, 2.24) is 20.0 Å². The van der Waals surface area contributed by atoms with Crippen molar-refractivity contribution in [1.29, 1.82) is 0 Å². The largest absolute Gasteiger partial charge is 0.350 e. The number of rotatable bonds is 4. The van der Waals surface area contributed by atoms with Crippen LogP contribution in [0.25, 0.3) is 5.65 Å². The molecule has 21 heavy (non-hydrogen) atoms. The van der Waals surface area contributed by atoms with Crippen LogP contribution in [0.15, 0.2) is 29.3 Å². The molecule has 1 amide bonds. The first kappa shape index (κ1) is 17.1. The Morgan fingerprint density at radius 3 is 2.81 bits per heavy atom. The highest BCUT2D eigenvalue weighted by molar-refractivity contribution is 5.93. The van der Waals surface area contributed by atoms with Crippen LogP contribution in [0, 0.1) is 6.92 Å². The number of carbonyl (C=O) groups is 1. The van der Waals surface area contributed by atoms with E-state index < -0.39 is 5.91 Å². The van der Waals surface area contributed by atoms with Crippen molar-refractivity contribution in [2.75, 3.05) is 13.6 Å². The quantitative estimate of drug-likeness (QED) is 0.874. The predicted octanol–water partition coefficient (Wildman–Crippen LogP) is 0.762. The minimum atomic E-state index is -0.402. The second-order valence-corrected chi connectivity index (χ2v) is 4.81. The summed E-state index contributed by atoms with van der Waals surface area (Å²) in [6, 6.07) is 3.76. The zero-order chi connectivity index (χ0) is 14.7. The van der Waals surface area contributed by atoms with Crippen LogP contribution in [0.5, 0.6) is 0 Å². The Hall–Kier alpha value is -1.92. The van der Waals surface area contributed by atoms with Crippen LogP contribution in [0.4, 0.5) is 0 Å². The molecule has 0 fully saturated rings. The first-order valence-electron chi connectivity index (χ1n) is 6.46. The maximum atomic E-state index is 12.3. The monoisotopic (exact) mass is 310 g/mol. The number of aromatic nitrogens is 2. The molecule has 6 nitrogen and oxygen atoms in total. The van der Waals surface area contributed by atoms with Crippen molar-refractivity contribution in [3.63, 3.8) is 0 Å². The Morgan fingerprint density at radius 1 is 1.43 bits per heavy atom. The molecule has 0 radical (unpaired) electrons. The van der Waals surface area contributed by atoms with Gasteiger partial charge in [0.05, 0.1) is 0 Å². The highest BCUT2D eigenvalue weighted by atomic mass is 35.5. The summed E-state index contributed by atoms with van der Waals surface area (Å²) in [6.45, 7) is 4.27. The first-order valence-corrected chi connectivity index (χ1v) is 6.46. The molecule has 1 unspecified atom stereocenters. The number of carbonyl (C=O) groups excluding carboxylic acids is 1. The Balaban J connectivity index is 0.00000220. The highest BCUT2D eigenvalue weighted by Gasteiger charge is 2.13. The maximum absolute atomic E-state index is 12.3. The highest BCUT2D eigenvalue weighted by Crippen LogP contribution is 2.01. The van der Waals surface area contributed by atoms with Gasteiger partial charge in [-0.1, -0.05) is 6.07 Å². The lowest BCUT2D eigenvalue weighted by Crippen LogP contribution is -2.39. The van der Waals surface area contributed by atoms with Crippen molar-refractivity contribution in [3.8, 4) is 0 Å². The van der Waals surface area contributed by atoms with Crippen LogP contribution < -0.4 is 16.2 Å².